The summed E-state index contributed by atoms with van der Waals surface area (Å²) in [4.78, 5) is 12.1. The van der Waals surface area contributed by atoms with Gasteiger partial charge in [-0.2, -0.15) is 0 Å². The molecular weight excluding hydrogens is 248 g/mol. The van der Waals surface area contributed by atoms with Gasteiger partial charge in [0.05, 0.1) is 0 Å². The molecule has 3 N–H and O–H groups in total. The Hall–Kier alpha value is -1.62. The number of hydrogen-bond donors (Lipinski definition) is 2. The molecule has 4 nitrogen and oxygen atoms in total. The van der Waals surface area contributed by atoms with Crippen molar-refractivity contribution in [1.82, 2.24) is 5.32 Å². The van der Waals surface area contributed by atoms with Crippen LogP contribution in [0.3, 0.4) is 0 Å². The Balaban J connectivity index is 2.03. The highest BCUT2D eigenvalue weighted by molar-refractivity contribution is 7.80. The van der Waals surface area contributed by atoms with Gasteiger partial charge in [-0.3, -0.25) is 4.79 Å². The Morgan fingerprint density at radius 2 is 2.06 bits per heavy atom. The fourth-order valence-electron chi connectivity index (χ4n) is 1.89. The second-order valence-corrected chi connectivity index (χ2v) is 4.72. The first kappa shape index (κ1) is 12.8. The van der Waals surface area contributed by atoms with E-state index in [1.165, 1.54) is 0 Å². The van der Waals surface area contributed by atoms with Crippen molar-refractivity contribution in [3.8, 4) is 5.75 Å². The average molecular weight is 264 g/mol. The van der Waals surface area contributed by atoms with E-state index in [1.807, 2.05) is 0 Å². The minimum absolute atomic E-state index is 0.0362. The van der Waals surface area contributed by atoms with Crippen LogP contribution in [0.5, 0.6) is 5.75 Å². The van der Waals surface area contributed by atoms with Crippen LogP contribution in [-0.2, 0) is 4.79 Å². The van der Waals surface area contributed by atoms with Gasteiger partial charge < -0.3 is 15.8 Å². The molecule has 0 aromatic heterocycles. The number of benzene rings is 1. The third-order valence-electron chi connectivity index (χ3n) is 2.90. The molecule has 96 valence electrons. The van der Waals surface area contributed by atoms with Crippen LogP contribution in [-0.4, -0.2) is 23.5 Å². The molecule has 2 rings (SSSR count). The molecule has 1 amide bonds. The first-order valence-electron chi connectivity index (χ1n) is 6.01. The predicted octanol–water partition coefficient (Wildman–Crippen LogP) is 1.37. The summed E-state index contributed by atoms with van der Waals surface area (Å²) in [5, 5.41) is 2.84. The molecule has 0 spiro atoms. The van der Waals surface area contributed by atoms with Crippen molar-refractivity contribution in [2.75, 3.05) is 6.54 Å². The van der Waals surface area contributed by atoms with Gasteiger partial charge in [0.25, 0.3) is 5.91 Å². The Labute approximate surface area is 112 Å². The molecule has 1 aliphatic heterocycles. The highest BCUT2D eigenvalue weighted by atomic mass is 32.1. The van der Waals surface area contributed by atoms with Gasteiger partial charge in [-0.05, 0) is 43.5 Å². The van der Waals surface area contributed by atoms with Crippen molar-refractivity contribution in [1.29, 1.82) is 0 Å². The van der Waals surface area contributed by atoms with E-state index in [2.05, 4.69) is 5.32 Å². The van der Waals surface area contributed by atoms with Gasteiger partial charge in [0.1, 0.15) is 10.7 Å². The van der Waals surface area contributed by atoms with E-state index in [0.29, 0.717) is 10.7 Å². The highest BCUT2D eigenvalue weighted by Gasteiger charge is 2.22. The summed E-state index contributed by atoms with van der Waals surface area (Å²) < 4.78 is 5.69. The Kier molecular flexibility index (Phi) is 4.15. The van der Waals surface area contributed by atoms with E-state index in [1.54, 1.807) is 24.3 Å². The van der Waals surface area contributed by atoms with Gasteiger partial charge in [0, 0.05) is 12.1 Å². The third-order valence-corrected chi connectivity index (χ3v) is 3.14. The van der Waals surface area contributed by atoms with Crippen LogP contribution in [0.15, 0.2) is 24.3 Å². The van der Waals surface area contributed by atoms with E-state index < -0.39 is 6.10 Å². The van der Waals surface area contributed by atoms with Crippen LogP contribution >= 0.6 is 12.2 Å². The molecule has 1 heterocycles. The Morgan fingerprint density at radius 1 is 1.33 bits per heavy atom. The van der Waals surface area contributed by atoms with Crippen LogP contribution in [0.1, 0.15) is 24.8 Å². The summed E-state index contributed by atoms with van der Waals surface area (Å²) >= 11 is 4.88. The van der Waals surface area contributed by atoms with Crippen LogP contribution in [0, 0.1) is 0 Å². The zero-order valence-electron chi connectivity index (χ0n) is 10.0. The van der Waals surface area contributed by atoms with Crippen LogP contribution < -0.4 is 15.8 Å². The first-order chi connectivity index (χ1) is 8.66. The SMILES string of the molecule is NC(=S)c1ccc(OC2CCCCNC2=O)cc1. The summed E-state index contributed by atoms with van der Waals surface area (Å²) in [5.41, 5.74) is 6.31. The minimum Gasteiger partial charge on any atom is -0.481 e. The van der Waals surface area contributed by atoms with Crippen LogP contribution in [0.25, 0.3) is 0 Å². The molecule has 1 unspecified atom stereocenters. The molecular formula is C13H16N2O2S. The number of nitrogens with one attached hydrogen (secondary N) is 1. The lowest BCUT2D eigenvalue weighted by atomic mass is 10.1. The van der Waals surface area contributed by atoms with Crippen molar-refractivity contribution >= 4 is 23.1 Å². The summed E-state index contributed by atoms with van der Waals surface area (Å²) in [6.07, 6.45) is 2.35. The molecule has 18 heavy (non-hydrogen) atoms. The molecule has 0 saturated carbocycles. The van der Waals surface area contributed by atoms with Crippen molar-refractivity contribution in [3.05, 3.63) is 29.8 Å². The topological polar surface area (TPSA) is 64.3 Å². The number of carbonyl (C=O) groups excluding carboxylic acids is 1. The fraction of sp³-hybridized carbons (Fsp3) is 0.385. The number of carbonyl (C=O) groups is 1. The normalized spacial score (nSPS) is 19.8. The lowest BCUT2D eigenvalue weighted by molar-refractivity contribution is -0.127. The number of ether oxygens (including phenoxy) is 1. The number of rotatable bonds is 3. The predicted molar refractivity (Wildman–Crippen MR) is 73.6 cm³/mol. The second kappa shape index (κ2) is 5.82. The van der Waals surface area contributed by atoms with Gasteiger partial charge in [-0.1, -0.05) is 12.2 Å². The summed E-state index contributed by atoms with van der Waals surface area (Å²) in [6, 6.07) is 7.16. The molecule has 0 aliphatic carbocycles. The number of hydrogen-bond acceptors (Lipinski definition) is 3. The van der Waals surface area contributed by atoms with Crippen LogP contribution in [0.4, 0.5) is 0 Å². The van der Waals surface area contributed by atoms with E-state index >= 15 is 0 Å². The van der Waals surface area contributed by atoms with E-state index in [4.69, 9.17) is 22.7 Å². The maximum Gasteiger partial charge on any atom is 0.261 e. The average Bonchev–Trinajstić information content (AvgIpc) is 2.56. The van der Waals surface area contributed by atoms with Crippen molar-refractivity contribution in [2.24, 2.45) is 5.73 Å². The van der Waals surface area contributed by atoms with Gasteiger partial charge in [0.15, 0.2) is 6.10 Å². The summed E-state index contributed by atoms with van der Waals surface area (Å²) in [6.45, 7) is 0.735. The molecule has 1 aromatic carbocycles. The van der Waals surface area contributed by atoms with Gasteiger partial charge >= 0.3 is 0 Å². The van der Waals surface area contributed by atoms with E-state index in [9.17, 15) is 4.79 Å². The fourth-order valence-corrected chi connectivity index (χ4v) is 2.02. The van der Waals surface area contributed by atoms with Crippen LogP contribution in [0.2, 0.25) is 0 Å². The number of amides is 1. The molecule has 0 bridgehead atoms. The summed E-state index contributed by atoms with van der Waals surface area (Å²) in [5.74, 6) is 0.628. The second-order valence-electron chi connectivity index (χ2n) is 4.28. The van der Waals surface area contributed by atoms with Crippen molar-refractivity contribution < 1.29 is 9.53 Å². The monoisotopic (exact) mass is 264 g/mol. The standard InChI is InChI=1S/C13H16N2O2S/c14-12(18)9-4-6-10(7-5-9)17-11-3-1-2-8-15-13(11)16/h4-7,11H,1-3,8H2,(H2,14,18)(H,15,16). The third kappa shape index (κ3) is 3.20. The zero-order valence-corrected chi connectivity index (χ0v) is 10.8. The lowest BCUT2D eigenvalue weighted by Gasteiger charge is -2.15. The number of nitrogens with two attached hydrogens (primary N) is 1. The molecule has 1 aliphatic rings. The smallest absolute Gasteiger partial charge is 0.261 e. The molecule has 0 radical (unpaired) electrons. The zero-order chi connectivity index (χ0) is 13.0. The van der Waals surface area contributed by atoms with Crippen molar-refractivity contribution in [2.45, 2.75) is 25.4 Å². The molecule has 1 aromatic rings. The first-order valence-corrected chi connectivity index (χ1v) is 6.42. The molecule has 1 atom stereocenters. The van der Waals surface area contributed by atoms with Gasteiger partial charge in [0.2, 0.25) is 0 Å². The van der Waals surface area contributed by atoms with E-state index in [0.717, 1.165) is 31.4 Å². The number of thiocarbonyl (C=S) groups is 1. The highest BCUT2D eigenvalue weighted by Crippen LogP contribution is 2.17. The summed E-state index contributed by atoms with van der Waals surface area (Å²) in [7, 11) is 0. The lowest BCUT2D eigenvalue weighted by Crippen LogP contribution is -2.36. The minimum atomic E-state index is -0.400. The van der Waals surface area contributed by atoms with Gasteiger partial charge in [-0.15, -0.1) is 0 Å². The van der Waals surface area contributed by atoms with E-state index in [-0.39, 0.29) is 5.91 Å². The molecule has 1 saturated heterocycles. The van der Waals surface area contributed by atoms with Gasteiger partial charge in [-0.25, -0.2) is 0 Å². The molecule has 1 fully saturated rings. The largest absolute Gasteiger partial charge is 0.481 e. The maximum absolute atomic E-state index is 11.7. The van der Waals surface area contributed by atoms with Crippen molar-refractivity contribution in [3.63, 3.8) is 0 Å². The quantitative estimate of drug-likeness (QED) is 0.809. The maximum atomic E-state index is 11.7. The Bertz CT molecular complexity index is 445. The Morgan fingerprint density at radius 3 is 2.72 bits per heavy atom. The molecule has 5 heteroatoms.